The molecule has 0 aromatic heterocycles. The molecule has 206 valence electrons. The minimum absolute atomic E-state index is 0.0116. The van der Waals surface area contributed by atoms with Crippen molar-refractivity contribution in [3.05, 3.63) is 55.6 Å². The Morgan fingerprint density at radius 2 is 1.84 bits per heavy atom. The fourth-order valence-electron chi connectivity index (χ4n) is 6.38. The van der Waals surface area contributed by atoms with Crippen molar-refractivity contribution >= 4 is 51.1 Å². The minimum Gasteiger partial charge on any atom is -0.396 e. The van der Waals surface area contributed by atoms with Crippen LogP contribution in [0.25, 0.3) is 0 Å². The SMILES string of the molecule is C=CCN(C(=O)[C@H]1[C@H]2C(=O)N(CCCO)C(C(=O)N(CC=C)C(C)(C)C)C23CC(Br)[C@@H]1S3)c1ccccc1. The second-order valence-corrected chi connectivity index (χ2v) is 14.0. The minimum atomic E-state index is -0.732. The number of rotatable bonds is 10. The molecule has 2 bridgehead atoms. The Hall–Kier alpha value is -2.10. The number of aliphatic hydroxyl groups excluding tert-OH is 1. The number of para-hydroxylation sites is 1. The lowest BCUT2D eigenvalue weighted by Gasteiger charge is -2.42. The second kappa shape index (κ2) is 11.2. The molecule has 3 unspecified atom stereocenters. The highest BCUT2D eigenvalue weighted by atomic mass is 79.9. The molecular weight excluding hydrogens is 566 g/mol. The van der Waals surface area contributed by atoms with E-state index in [1.165, 1.54) is 0 Å². The van der Waals surface area contributed by atoms with Gasteiger partial charge in [0.05, 0.1) is 16.6 Å². The van der Waals surface area contributed by atoms with Crippen LogP contribution in [0, 0.1) is 11.8 Å². The number of anilines is 1. The molecule has 4 rings (SSSR count). The predicted molar refractivity (Wildman–Crippen MR) is 156 cm³/mol. The summed E-state index contributed by atoms with van der Waals surface area (Å²) in [6.45, 7) is 14.5. The molecule has 38 heavy (non-hydrogen) atoms. The lowest BCUT2D eigenvalue weighted by molar-refractivity contribution is -0.145. The quantitative estimate of drug-likeness (QED) is 0.324. The summed E-state index contributed by atoms with van der Waals surface area (Å²) in [4.78, 5) is 47.9. The van der Waals surface area contributed by atoms with Gasteiger partial charge in [-0.25, -0.2) is 0 Å². The van der Waals surface area contributed by atoms with Crippen LogP contribution in [0.15, 0.2) is 55.6 Å². The Bertz CT molecular complexity index is 1090. The van der Waals surface area contributed by atoms with Gasteiger partial charge in [-0.05, 0) is 45.7 Å². The number of carbonyl (C=O) groups excluding carboxylic acids is 3. The van der Waals surface area contributed by atoms with Crippen LogP contribution in [0.5, 0.6) is 0 Å². The van der Waals surface area contributed by atoms with Crippen LogP contribution in [0.4, 0.5) is 5.69 Å². The van der Waals surface area contributed by atoms with E-state index in [0.717, 1.165) is 5.69 Å². The van der Waals surface area contributed by atoms with E-state index in [2.05, 4.69) is 29.1 Å². The standard InChI is InChI=1S/C29H38BrN3O4S/c1-6-14-31(19-12-9-8-10-13-19)25(35)21-22-26(36)32(16-11-17-34)24(29(22)18-20(30)23(21)38-29)27(37)33(15-7-2)28(3,4)5/h6-10,12-13,20-24,34H,1-2,11,14-18H2,3-5H3/t20?,21-,22-,23-,24?,29?/m0/s1. The first kappa shape index (κ1) is 28.9. The number of benzene rings is 1. The molecule has 7 nitrogen and oxygen atoms in total. The number of aliphatic hydroxyl groups is 1. The second-order valence-electron chi connectivity index (χ2n) is 11.3. The number of hydrogen-bond acceptors (Lipinski definition) is 5. The van der Waals surface area contributed by atoms with Gasteiger partial charge in [0.25, 0.3) is 0 Å². The fraction of sp³-hybridized carbons (Fsp3) is 0.552. The van der Waals surface area contributed by atoms with Crippen molar-refractivity contribution in [3.8, 4) is 0 Å². The maximum Gasteiger partial charge on any atom is 0.247 e. The third kappa shape index (κ3) is 4.75. The van der Waals surface area contributed by atoms with Crippen molar-refractivity contribution in [1.29, 1.82) is 0 Å². The van der Waals surface area contributed by atoms with Crippen molar-refractivity contribution in [2.24, 2.45) is 11.8 Å². The van der Waals surface area contributed by atoms with Crippen molar-refractivity contribution in [2.45, 2.75) is 60.0 Å². The number of fused-ring (bicyclic) bond motifs is 1. The van der Waals surface area contributed by atoms with E-state index in [0.29, 0.717) is 25.9 Å². The largest absolute Gasteiger partial charge is 0.396 e. The van der Waals surface area contributed by atoms with Gasteiger partial charge < -0.3 is 19.8 Å². The summed E-state index contributed by atoms with van der Waals surface area (Å²) in [6, 6.07) is 8.72. The number of likely N-dealkylation sites (tertiary alicyclic amines) is 1. The Morgan fingerprint density at radius 1 is 1.18 bits per heavy atom. The Morgan fingerprint density at radius 3 is 2.42 bits per heavy atom. The van der Waals surface area contributed by atoms with E-state index in [9.17, 15) is 19.5 Å². The van der Waals surface area contributed by atoms with Gasteiger partial charge in [0, 0.05) is 47.5 Å². The van der Waals surface area contributed by atoms with Crippen molar-refractivity contribution < 1.29 is 19.5 Å². The molecule has 0 aliphatic carbocycles. The van der Waals surface area contributed by atoms with Gasteiger partial charge in [-0.15, -0.1) is 24.9 Å². The molecule has 1 aromatic rings. The maximum atomic E-state index is 14.4. The number of carbonyl (C=O) groups is 3. The zero-order chi connectivity index (χ0) is 27.8. The first-order valence-corrected chi connectivity index (χ1v) is 15.0. The molecule has 1 spiro atoms. The molecule has 3 saturated heterocycles. The van der Waals surface area contributed by atoms with Crippen LogP contribution in [-0.2, 0) is 14.4 Å². The molecule has 3 aliphatic heterocycles. The normalized spacial score (nSPS) is 29.8. The summed E-state index contributed by atoms with van der Waals surface area (Å²) in [5, 5.41) is 9.47. The van der Waals surface area contributed by atoms with Gasteiger partial charge >= 0.3 is 0 Å². The van der Waals surface area contributed by atoms with Gasteiger partial charge in [0.1, 0.15) is 6.04 Å². The first-order valence-electron chi connectivity index (χ1n) is 13.2. The van der Waals surface area contributed by atoms with Gasteiger partial charge in [0.2, 0.25) is 17.7 Å². The highest BCUT2D eigenvalue weighted by Gasteiger charge is 2.76. The van der Waals surface area contributed by atoms with Crippen molar-refractivity contribution in [3.63, 3.8) is 0 Å². The average molecular weight is 605 g/mol. The van der Waals surface area contributed by atoms with E-state index in [-0.39, 0.29) is 41.0 Å². The molecule has 1 aromatic carbocycles. The maximum absolute atomic E-state index is 14.4. The van der Waals surface area contributed by atoms with E-state index in [1.807, 2.05) is 51.1 Å². The van der Waals surface area contributed by atoms with Crippen LogP contribution in [0.2, 0.25) is 0 Å². The molecule has 9 heteroatoms. The summed E-state index contributed by atoms with van der Waals surface area (Å²) < 4.78 is -0.732. The highest BCUT2D eigenvalue weighted by Crippen LogP contribution is 2.68. The van der Waals surface area contributed by atoms with Crippen LogP contribution in [-0.4, -0.2) is 85.3 Å². The summed E-state index contributed by atoms with van der Waals surface area (Å²) in [6.07, 6.45) is 4.39. The van der Waals surface area contributed by atoms with Crippen LogP contribution in [0.3, 0.4) is 0 Å². The lowest BCUT2D eigenvalue weighted by atomic mass is 9.70. The first-order chi connectivity index (χ1) is 18.0. The molecular formula is C29H38BrN3O4S. The van der Waals surface area contributed by atoms with Gasteiger partial charge in [-0.3, -0.25) is 14.4 Å². The molecule has 6 atom stereocenters. The lowest BCUT2D eigenvalue weighted by Crippen LogP contribution is -2.59. The van der Waals surface area contributed by atoms with Crippen LogP contribution < -0.4 is 4.90 Å². The molecule has 3 heterocycles. The fourth-order valence-corrected chi connectivity index (χ4v) is 9.98. The van der Waals surface area contributed by atoms with Crippen LogP contribution in [0.1, 0.15) is 33.6 Å². The molecule has 3 aliphatic rings. The number of thioether (sulfide) groups is 1. The Labute approximate surface area is 238 Å². The van der Waals surface area contributed by atoms with E-state index in [1.54, 1.807) is 38.6 Å². The van der Waals surface area contributed by atoms with Crippen molar-refractivity contribution in [1.82, 2.24) is 9.80 Å². The van der Waals surface area contributed by atoms with E-state index < -0.39 is 28.2 Å². The van der Waals surface area contributed by atoms with Gasteiger partial charge in [0.15, 0.2) is 0 Å². The molecule has 0 radical (unpaired) electrons. The molecule has 3 amide bonds. The van der Waals surface area contributed by atoms with E-state index in [4.69, 9.17) is 0 Å². The number of alkyl halides is 1. The zero-order valence-corrected chi connectivity index (χ0v) is 24.8. The van der Waals surface area contributed by atoms with Crippen molar-refractivity contribution in [2.75, 3.05) is 31.1 Å². The molecule has 3 fully saturated rings. The molecule has 1 N–H and O–H groups in total. The smallest absolute Gasteiger partial charge is 0.247 e. The van der Waals surface area contributed by atoms with Gasteiger partial charge in [-0.2, -0.15) is 0 Å². The third-order valence-electron chi connectivity index (χ3n) is 7.90. The summed E-state index contributed by atoms with van der Waals surface area (Å²) in [5.41, 5.74) is 0.273. The van der Waals surface area contributed by atoms with Gasteiger partial charge in [-0.1, -0.05) is 46.3 Å². The summed E-state index contributed by atoms with van der Waals surface area (Å²) in [5.74, 6) is -1.61. The number of amides is 3. The zero-order valence-electron chi connectivity index (χ0n) is 22.4. The number of nitrogens with zero attached hydrogens (tertiary/aromatic N) is 3. The monoisotopic (exact) mass is 603 g/mol. The topological polar surface area (TPSA) is 81.2 Å². The number of halogens is 1. The highest BCUT2D eigenvalue weighted by molar-refractivity contribution is 9.09. The molecule has 0 saturated carbocycles. The summed E-state index contributed by atoms with van der Waals surface area (Å²) >= 11 is 5.46. The summed E-state index contributed by atoms with van der Waals surface area (Å²) in [7, 11) is 0. The van der Waals surface area contributed by atoms with Crippen LogP contribution >= 0.6 is 27.7 Å². The third-order valence-corrected chi connectivity index (χ3v) is 11.1. The Balaban J connectivity index is 1.79. The predicted octanol–water partition coefficient (Wildman–Crippen LogP) is 3.87. The average Bonchev–Trinajstić information content (AvgIpc) is 3.47. The Kier molecular flexibility index (Phi) is 8.50. The van der Waals surface area contributed by atoms with E-state index >= 15 is 0 Å². The number of hydrogen-bond donors (Lipinski definition) is 1.